The van der Waals surface area contributed by atoms with Crippen molar-refractivity contribution in [1.29, 1.82) is 0 Å². The van der Waals surface area contributed by atoms with E-state index in [-0.39, 0.29) is 18.2 Å². The van der Waals surface area contributed by atoms with Crippen LogP contribution in [0.1, 0.15) is 20.3 Å². The maximum Gasteiger partial charge on any atom is 0.238 e. The standard InChI is InChI=1S/C21H22ClN3O3S/c1-3-25-19(26)13-18(20(27)24-17-8-6-5-7-16(17)22)29-21(25)23-14-9-11-15(12-10-14)28-4-2/h5-12,18H,3-4,13H2,1-2H3,(H,24,27)/t18-/m0/s1. The summed E-state index contributed by atoms with van der Waals surface area (Å²) in [5.74, 6) is 0.356. The van der Waals surface area contributed by atoms with Gasteiger partial charge in [0.05, 0.1) is 23.0 Å². The Morgan fingerprint density at radius 1 is 1.24 bits per heavy atom. The van der Waals surface area contributed by atoms with Gasteiger partial charge in [0.25, 0.3) is 0 Å². The van der Waals surface area contributed by atoms with Crippen LogP contribution in [0.5, 0.6) is 5.75 Å². The van der Waals surface area contributed by atoms with Gasteiger partial charge in [0.15, 0.2) is 5.17 Å². The molecule has 3 rings (SSSR count). The van der Waals surface area contributed by atoms with Crippen LogP contribution in [0.15, 0.2) is 53.5 Å². The van der Waals surface area contributed by atoms with Gasteiger partial charge in [-0.2, -0.15) is 0 Å². The van der Waals surface area contributed by atoms with Crippen LogP contribution in [0, 0.1) is 0 Å². The molecule has 0 radical (unpaired) electrons. The predicted octanol–water partition coefficient (Wildman–Crippen LogP) is 4.72. The third-order valence-corrected chi connectivity index (χ3v) is 5.77. The van der Waals surface area contributed by atoms with Crippen molar-refractivity contribution >= 4 is 51.7 Å². The van der Waals surface area contributed by atoms with Gasteiger partial charge in [-0.05, 0) is 50.2 Å². The van der Waals surface area contributed by atoms with E-state index >= 15 is 0 Å². The van der Waals surface area contributed by atoms with E-state index in [1.807, 2.05) is 38.1 Å². The molecule has 1 heterocycles. The number of anilines is 1. The number of ether oxygens (including phenoxy) is 1. The molecule has 1 fully saturated rings. The number of hydrogen-bond acceptors (Lipinski definition) is 5. The second-order valence-corrected chi connectivity index (χ2v) is 7.82. The van der Waals surface area contributed by atoms with Crippen molar-refractivity contribution in [3.05, 3.63) is 53.6 Å². The van der Waals surface area contributed by atoms with Gasteiger partial charge in [-0.1, -0.05) is 35.5 Å². The molecular weight excluding hydrogens is 410 g/mol. The van der Waals surface area contributed by atoms with Crippen LogP contribution < -0.4 is 10.1 Å². The Balaban J connectivity index is 1.79. The largest absolute Gasteiger partial charge is 0.494 e. The molecule has 0 spiro atoms. The molecule has 0 aromatic heterocycles. The van der Waals surface area contributed by atoms with Gasteiger partial charge in [0.2, 0.25) is 11.8 Å². The normalized spacial score (nSPS) is 18.0. The van der Waals surface area contributed by atoms with Crippen LogP contribution in [0.25, 0.3) is 0 Å². The smallest absolute Gasteiger partial charge is 0.238 e. The number of amides is 2. The van der Waals surface area contributed by atoms with Gasteiger partial charge >= 0.3 is 0 Å². The highest BCUT2D eigenvalue weighted by Gasteiger charge is 2.35. The first-order valence-electron chi connectivity index (χ1n) is 9.35. The van der Waals surface area contributed by atoms with E-state index in [0.717, 1.165) is 5.75 Å². The zero-order valence-corrected chi connectivity index (χ0v) is 17.8. The first-order valence-corrected chi connectivity index (χ1v) is 10.6. The summed E-state index contributed by atoms with van der Waals surface area (Å²) >= 11 is 7.40. The molecule has 1 aliphatic rings. The second kappa shape index (κ2) is 9.80. The number of carbonyl (C=O) groups excluding carboxylic acids is 2. The van der Waals surface area contributed by atoms with Crippen molar-refractivity contribution in [3.63, 3.8) is 0 Å². The molecular formula is C21H22ClN3O3S. The molecule has 1 N–H and O–H groups in total. The molecule has 0 aliphatic carbocycles. The third kappa shape index (κ3) is 5.31. The van der Waals surface area contributed by atoms with Gasteiger partial charge in [0, 0.05) is 13.0 Å². The summed E-state index contributed by atoms with van der Waals surface area (Å²) < 4.78 is 5.44. The molecule has 2 aromatic rings. The van der Waals surface area contributed by atoms with Crippen LogP contribution in [0.3, 0.4) is 0 Å². The lowest BCUT2D eigenvalue weighted by molar-refractivity contribution is -0.129. The Morgan fingerprint density at radius 3 is 2.62 bits per heavy atom. The average Bonchev–Trinajstić information content (AvgIpc) is 2.71. The van der Waals surface area contributed by atoms with Crippen molar-refractivity contribution in [2.75, 3.05) is 18.5 Å². The van der Waals surface area contributed by atoms with Gasteiger partial charge in [-0.3, -0.25) is 14.5 Å². The quantitative estimate of drug-likeness (QED) is 0.718. The molecule has 1 saturated heterocycles. The van der Waals surface area contributed by atoms with Crippen molar-refractivity contribution in [3.8, 4) is 5.75 Å². The molecule has 29 heavy (non-hydrogen) atoms. The number of nitrogens with one attached hydrogen (secondary N) is 1. The fourth-order valence-electron chi connectivity index (χ4n) is 2.82. The van der Waals surface area contributed by atoms with Crippen LogP contribution in [-0.4, -0.2) is 40.3 Å². The Labute approximate surface area is 179 Å². The number of halogens is 1. The van der Waals surface area contributed by atoms with E-state index in [4.69, 9.17) is 16.3 Å². The summed E-state index contributed by atoms with van der Waals surface area (Å²) in [6.07, 6.45) is 0.108. The molecule has 2 amide bonds. The summed E-state index contributed by atoms with van der Waals surface area (Å²) in [4.78, 5) is 31.5. The maximum absolute atomic E-state index is 12.7. The Kier molecular flexibility index (Phi) is 7.17. The summed E-state index contributed by atoms with van der Waals surface area (Å²) in [6, 6.07) is 14.3. The SMILES string of the molecule is CCOc1ccc(N=C2S[C@H](C(=O)Nc3ccccc3Cl)CC(=O)N2CC)cc1. The average molecular weight is 432 g/mol. The summed E-state index contributed by atoms with van der Waals surface area (Å²) in [6.45, 7) is 4.88. The van der Waals surface area contributed by atoms with Crippen LogP contribution >= 0.6 is 23.4 Å². The van der Waals surface area contributed by atoms with Gasteiger partial charge in [0.1, 0.15) is 11.0 Å². The van der Waals surface area contributed by atoms with E-state index in [0.29, 0.717) is 34.7 Å². The number of rotatable bonds is 6. The molecule has 1 aliphatic heterocycles. The maximum atomic E-state index is 12.7. The van der Waals surface area contributed by atoms with Crippen molar-refractivity contribution < 1.29 is 14.3 Å². The van der Waals surface area contributed by atoms with E-state index in [1.54, 1.807) is 29.2 Å². The molecule has 0 saturated carbocycles. The second-order valence-electron chi connectivity index (χ2n) is 6.24. The first-order chi connectivity index (χ1) is 14.0. The molecule has 152 valence electrons. The lowest BCUT2D eigenvalue weighted by Gasteiger charge is -2.31. The van der Waals surface area contributed by atoms with Crippen molar-refractivity contribution in [2.45, 2.75) is 25.5 Å². The zero-order chi connectivity index (χ0) is 20.8. The Bertz CT molecular complexity index is 918. The third-order valence-electron chi connectivity index (χ3n) is 4.25. The monoisotopic (exact) mass is 431 g/mol. The lowest BCUT2D eigenvalue weighted by atomic mass is 10.2. The highest BCUT2D eigenvalue weighted by atomic mass is 35.5. The minimum absolute atomic E-state index is 0.108. The number of para-hydroxylation sites is 1. The number of aliphatic imine (C=N–C) groups is 1. The van der Waals surface area contributed by atoms with E-state index < -0.39 is 5.25 Å². The molecule has 8 heteroatoms. The van der Waals surface area contributed by atoms with E-state index in [2.05, 4.69) is 10.3 Å². The predicted molar refractivity (Wildman–Crippen MR) is 118 cm³/mol. The molecule has 0 bridgehead atoms. The fraction of sp³-hybridized carbons (Fsp3) is 0.286. The van der Waals surface area contributed by atoms with Gasteiger partial charge < -0.3 is 10.1 Å². The van der Waals surface area contributed by atoms with Crippen molar-refractivity contribution in [2.24, 2.45) is 4.99 Å². The number of amidine groups is 1. The minimum Gasteiger partial charge on any atom is -0.494 e. The summed E-state index contributed by atoms with van der Waals surface area (Å²) in [5.41, 5.74) is 1.21. The Morgan fingerprint density at radius 2 is 1.97 bits per heavy atom. The number of hydrogen-bond donors (Lipinski definition) is 1. The Hall–Kier alpha value is -2.51. The van der Waals surface area contributed by atoms with Gasteiger partial charge in [-0.15, -0.1) is 0 Å². The van der Waals surface area contributed by atoms with E-state index in [9.17, 15) is 9.59 Å². The molecule has 2 aromatic carbocycles. The number of thioether (sulfide) groups is 1. The minimum atomic E-state index is -0.581. The molecule has 6 nitrogen and oxygen atoms in total. The first kappa shape index (κ1) is 21.2. The van der Waals surface area contributed by atoms with Gasteiger partial charge in [-0.25, -0.2) is 4.99 Å². The van der Waals surface area contributed by atoms with Crippen LogP contribution in [0.4, 0.5) is 11.4 Å². The topological polar surface area (TPSA) is 71.0 Å². The van der Waals surface area contributed by atoms with E-state index in [1.165, 1.54) is 11.8 Å². The number of benzene rings is 2. The zero-order valence-electron chi connectivity index (χ0n) is 16.2. The summed E-state index contributed by atoms with van der Waals surface area (Å²) in [5, 5.41) is 3.18. The highest BCUT2D eigenvalue weighted by Crippen LogP contribution is 2.31. The van der Waals surface area contributed by atoms with Crippen LogP contribution in [-0.2, 0) is 9.59 Å². The number of nitrogens with zero attached hydrogens (tertiary/aromatic N) is 2. The lowest BCUT2D eigenvalue weighted by Crippen LogP contribution is -2.45. The molecule has 1 atom stereocenters. The highest BCUT2D eigenvalue weighted by molar-refractivity contribution is 8.15. The van der Waals surface area contributed by atoms with Crippen molar-refractivity contribution in [1.82, 2.24) is 4.90 Å². The number of carbonyl (C=O) groups is 2. The molecule has 0 unspecified atom stereocenters. The van der Waals surface area contributed by atoms with Crippen LogP contribution in [0.2, 0.25) is 5.02 Å². The summed E-state index contributed by atoms with van der Waals surface area (Å²) in [7, 11) is 0. The fourth-order valence-corrected chi connectivity index (χ4v) is 4.17.